The van der Waals surface area contributed by atoms with Gasteiger partial charge in [0.1, 0.15) is 5.75 Å². The Bertz CT molecular complexity index is 1370. The average molecular weight is 515 g/mol. The number of carbonyl (C=O) groups is 1. The minimum Gasteiger partial charge on any atom is -0.508 e. The highest BCUT2D eigenvalue weighted by molar-refractivity contribution is 7.17. The van der Waals surface area contributed by atoms with Gasteiger partial charge in [0.05, 0.1) is 15.4 Å². The Kier molecular flexibility index (Phi) is 7.62. The second-order valence-electron chi connectivity index (χ2n) is 9.07. The first-order valence-electron chi connectivity index (χ1n) is 12.3. The van der Waals surface area contributed by atoms with Crippen molar-refractivity contribution < 1.29 is 9.90 Å². The van der Waals surface area contributed by atoms with Crippen molar-refractivity contribution in [2.75, 3.05) is 50.0 Å². The van der Waals surface area contributed by atoms with Crippen molar-refractivity contribution >= 4 is 34.6 Å². The van der Waals surface area contributed by atoms with Crippen LogP contribution in [0.3, 0.4) is 0 Å². The number of carbonyl (C=O) groups excluding carboxylic acids is 1. The number of nitrogens with one attached hydrogen (secondary N) is 2. The molecule has 3 heterocycles. The number of likely N-dealkylation sites (N-methyl/N-ethyl adjacent to an activating group) is 1. The molecule has 0 radical (unpaired) electrons. The quantitative estimate of drug-likeness (QED) is 0.321. The van der Waals surface area contributed by atoms with Crippen molar-refractivity contribution in [3.8, 4) is 16.3 Å². The van der Waals surface area contributed by atoms with Crippen LogP contribution in [0.2, 0.25) is 0 Å². The summed E-state index contributed by atoms with van der Waals surface area (Å²) in [4.78, 5) is 28.0. The van der Waals surface area contributed by atoms with Crippen LogP contribution in [-0.2, 0) is 6.42 Å². The number of benzene rings is 2. The van der Waals surface area contributed by atoms with E-state index in [1.165, 1.54) is 17.0 Å². The fourth-order valence-electron chi connectivity index (χ4n) is 4.25. The Morgan fingerprint density at radius 3 is 2.70 bits per heavy atom. The number of amides is 1. The van der Waals surface area contributed by atoms with Crippen molar-refractivity contribution in [2.45, 2.75) is 6.42 Å². The molecule has 0 bridgehead atoms. The Labute approximate surface area is 220 Å². The van der Waals surface area contributed by atoms with Crippen LogP contribution in [0.15, 0.2) is 72.9 Å². The van der Waals surface area contributed by atoms with E-state index in [0.29, 0.717) is 23.8 Å². The van der Waals surface area contributed by atoms with Crippen molar-refractivity contribution in [2.24, 2.45) is 0 Å². The molecule has 2 aromatic heterocycles. The van der Waals surface area contributed by atoms with Gasteiger partial charge in [0.25, 0.3) is 5.91 Å². The van der Waals surface area contributed by atoms with Gasteiger partial charge in [-0.25, -0.2) is 9.97 Å². The number of hydrogen-bond acceptors (Lipinski definition) is 8. The van der Waals surface area contributed by atoms with E-state index in [0.717, 1.165) is 48.0 Å². The van der Waals surface area contributed by atoms with Gasteiger partial charge in [-0.3, -0.25) is 4.79 Å². The normalized spacial score (nSPS) is 13.9. The molecule has 1 amide bonds. The number of phenolic OH excluding ortho intramolecular Hbond substituents is 1. The standard InChI is InChI=1S/C28H30N6O2S/c1-33-14-16-34(17-15-33)22-6-3-5-21(19-22)31-28-30-13-11-24(32-28)25-8-9-26(37-25)27(36)29-12-10-20-4-2-7-23(35)18-20/h2-9,11,13,18-19,35H,10,12,14-17H2,1H3,(H,29,36)(H,30,31,32). The van der Waals surface area contributed by atoms with Crippen molar-refractivity contribution in [1.29, 1.82) is 0 Å². The smallest absolute Gasteiger partial charge is 0.261 e. The number of piperazine rings is 1. The summed E-state index contributed by atoms with van der Waals surface area (Å²) < 4.78 is 0. The van der Waals surface area contributed by atoms with Crippen LogP contribution < -0.4 is 15.5 Å². The van der Waals surface area contributed by atoms with Gasteiger partial charge < -0.3 is 25.5 Å². The SMILES string of the molecule is CN1CCN(c2cccc(Nc3nccc(-c4ccc(C(=O)NCCc5cccc(O)c5)s4)n3)c2)CC1. The molecule has 190 valence electrons. The van der Waals surface area contributed by atoms with Crippen molar-refractivity contribution in [1.82, 2.24) is 20.2 Å². The van der Waals surface area contributed by atoms with E-state index in [4.69, 9.17) is 0 Å². The summed E-state index contributed by atoms with van der Waals surface area (Å²) in [7, 11) is 2.15. The van der Waals surface area contributed by atoms with Gasteiger partial charge in [-0.2, -0.15) is 0 Å². The van der Waals surface area contributed by atoms with Crippen LogP contribution >= 0.6 is 11.3 Å². The van der Waals surface area contributed by atoms with E-state index in [-0.39, 0.29) is 11.7 Å². The first-order valence-corrected chi connectivity index (χ1v) is 13.1. The number of nitrogens with zero attached hydrogens (tertiary/aromatic N) is 4. The highest BCUT2D eigenvalue weighted by Gasteiger charge is 2.15. The fraction of sp³-hybridized carbons (Fsp3) is 0.250. The molecule has 1 aliphatic heterocycles. The maximum Gasteiger partial charge on any atom is 0.261 e. The first kappa shape index (κ1) is 24.7. The minimum atomic E-state index is -0.121. The lowest BCUT2D eigenvalue weighted by atomic mass is 10.1. The number of hydrogen-bond donors (Lipinski definition) is 3. The molecule has 3 N–H and O–H groups in total. The largest absolute Gasteiger partial charge is 0.508 e. The lowest BCUT2D eigenvalue weighted by Crippen LogP contribution is -2.44. The number of aromatic hydroxyl groups is 1. The molecule has 4 aromatic rings. The average Bonchev–Trinajstić information content (AvgIpc) is 3.40. The van der Waals surface area contributed by atoms with Gasteiger partial charge in [-0.05, 0) is 67.6 Å². The third-order valence-corrected chi connectivity index (χ3v) is 7.42. The lowest BCUT2D eigenvalue weighted by molar-refractivity contribution is 0.0958. The molecule has 0 saturated carbocycles. The Hall–Kier alpha value is -3.95. The molecule has 5 rings (SSSR count). The molecule has 9 heteroatoms. The number of thiophene rings is 1. The van der Waals surface area contributed by atoms with Gasteiger partial charge in [-0.15, -0.1) is 11.3 Å². The Morgan fingerprint density at radius 2 is 1.86 bits per heavy atom. The third kappa shape index (κ3) is 6.44. The molecule has 37 heavy (non-hydrogen) atoms. The van der Waals surface area contributed by atoms with Crippen LogP contribution in [0.5, 0.6) is 5.75 Å². The van der Waals surface area contributed by atoms with Gasteiger partial charge in [0.2, 0.25) is 5.95 Å². The van der Waals surface area contributed by atoms with Gasteiger partial charge in [0.15, 0.2) is 0 Å². The molecule has 1 aliphatic rings. The monoisotopic (exact) mass is 514 g/mol. The molecule has 1 fully saturated rings. The third-order valence-electron chi connectivity index (χ3n) is 6.32. The number of rotatable bonds is 8. The van der Waals surface area contributed by atoms with Crippen molar-refractivity contribution in [3.63, 3.8) is 0 Å². The van der Waals surface area contributed by atoms with E-state index < -0.39 is 0 Å². The van der Waals surface area contributed by atoms with Crippen LogP contribution in [0.1, 0.15) is 15.2 Å². The predicted molar refractivity (Wildman–Crippen MR) is 149 cm³/mol. The van der Waals surface area contributed by atoms with Crippen LogP contribution in [0.25, 0.3) is 10.6 Å². The molecular formula is C28H30N6O2S. The first-order chi connectivity index (χ1) is 18.0. The summed E-state index contributed by atoms with van der Waals surface area (Å²) in [5.74, 6) is 0.622. The molecule has 1 saturated heterocycles. The fourth-order valence-corrected chi connectivity index (χ4v) is 5.14. The van der Waals surface area contributed by atoms with Crippen LogP contribution in [-0.4, -0.2) is 65.7 Å². The molecule has 0 aliphatic carbocycles. The lowest BCUT2D eigenvalue weighted by Gasteiger charge is -2.34. The topological polar surface area (TPSA) is 93.6 Å². The van der Waals surface area contributed by atoms with E-state index in [9.17, 15) is 9.90 Å². The zero-order valence-corrected chi connectivity index (χ0v) is 21.5. The highest BCUT2D eigenvalue weighted by Crippen LogP contribution is 2.28. The highest BCUT2D eigenvalue weighted by atomic mass is 32.1. The number of aromatic nitrogens is 2. The molecule has 2 aromatic carbocycles. The van der Waals surface area contributed by atoms with E-state index in [1.807, 2.05) is 36.4 Å². The molecule has 0 spiro atoms. The van der Waals surface area contributed by atoms with E-state index in [1.54, 1.807) is 24.4 Å². The summed E-state index contributed by atoms with van der Waals surface area (Å²) in [6.07, 6.45) is 2.37. The Morgan fingerprint density at radius 1 is 1.03 bits per heavy atom. The Balaban J connectivity index is 1.21. The molecular weight excluding hydrogens is 484 g/mol. The van der Waals surface area contributed by atoms with E-state index in [2.05, 4.69) is 49.6 Å². The van der Waals surface area contributed by atoms with Gasteiger partial charge >= 0.3 is 0 Å². The van der Waals surface area contributed by atoms with E-state index >= 15 is 0 Å². The number of phenols is 1. The zero-order chi connectivity index (χ0) is 25.6. The summed E-state index contributed by atoms with van der Waals surface area (Å²) in [5.41, 5.74) is 3.86. The summed E-state index contributed by atoms with van der Waals surface area (Å²) in [5, 5.41) is 15.9. The summed E-state index contributed by atoms with van der Waals surface area (Å²) in [6.45, 7) is 4.62. The molecule has 8 nitrogen and oxygen atoms in total. The maximum absolute atomic E-state index is 12.6. The van der Waals surface area contributed by atoms with Gasteiger partial charge in [-0.1, -0.05) is 18.2 Å². The summed E-state index contributed by atoms with van der Waals surface area (Å²) >= 11 is 1.40. The zero-order valence-electron chi connectivity index (χ0n) is 20.7. The van der Waals surface area contributed by atoms with Crippen molar-refractivity contribution in [3.05, 3.63) is 83.4 Å². The number of anilines is 3. The predicted octanol–water partition coefficient (Wildman–Crippen LogP) is 4.38. The van der Waals surface area contributed by atoms with Gasteiger partial charge in [0, 0.05) is 50.3 Å². The van der Waals surface area contributed by atoms with Crippen LogP contribution in [0.4, 0.5) is 17.3 Å². The molecule has 0 unspecified atom stereocenters. The minimum absolute atomic E-state index is 0.121. The van der Waals surface area contributed by atoms with Crippen LogP contribution in [0, 0.1) is 0 Å². The maximum atomic E-state index is 12.6. The summed E-state index contributed by atoms with van der Waals surface area (Å²) in [6, 6.07) is 21.0. The molecule has 0 atom stereocenters. The second kappa shape index (κ2) is 11.4. The second-order valence-corrected chi connectivity index (χ2v) is 10.2.